The summed E-state index contributed by atoms with van der Waals surface area (Å²) in [6.45, 7) is 2.04. The molecule has 0 spiro atoms. The molecule has 84 valence electrons. The molecule has 0 aromatic heterocycles. The fourth-order valence-corrected chi connectivity index (χ4v) is 1.63. The van der Waals surface area contributed by atoms with E-state index >= 15 is 0 Å². The van der Waals surface area contributed by atoms with Crippen molar-refractivity contribution in [1.29, 1.82) is 5.26 Å². The number of carboxylic acids is 1. The van der Waals surface area contributed by atoms with Gasteiger partial charge in [-0.25, -0.2) is 0 Å². The van der Waals surface area contributed by atoms with Gasteiger partial charge in [-0.1, -0.05) is 31.9 Å². The van der Waals surface area contributed by atoms with Gasteiger partial charge in [-0.2, -0.15) is 5.26 Å². The van der Waals surface area contributed by atoms with Crippen molar-refractivity contribution in [3.8, 4) is 6.07 Å². The van der Waals surface area contributed by atoms with Crippen LogP contribution in [-0.2, 0) is 4.79 Å². The van der Waals surface area contributed by atoms with Crippen LogP contribution in [-0.4, -0.2) is 11.1 Å². The highest BCUT2D eigenvalue weighted by Gasteiger charge is 2.18. The van der Waals surface area contributed by atoms with Crippen molar-refractivity contribution >= 4 is 5.97 Å². The van der Waals surface area contributed by atoms with Crippen LogP contribution in [0.3, 0.4) is 0 Å². The second-order valence-electron chi connectivity index (χ2n) is 3.77. The molecule has 0 heterocycles. The lowest BCUT2D eigenvalue weighted by molar-refractivity contribution is -0.139. The summed E-state index contributed by atoms with van der Waals surface area (Å²) in [6, 6.07) is 8.80. The summed E-state index contributed by atoms with van der Waals surface area (Å²) in [5.41, 5.74) is 1.34. The second kappa shape index (κ2) is 5.92. The van der Waals surface area contributed by atoms with Crippen LogP contribution in [0.15, 0.2) is 24.3 Å². The number of carbonyl (C=O) groups is 1. The number of hydrogen-bond acceptors (Lipinski definition) is 2. The van der Waals surface area contributed by atoms with Crippen LogP contribution in [0, 0.1) is 11.3 Å². The minimum Gasteiger partial charge on any atom is -0.481 e. The molecular formula is C13H15NO2. The average molecular weight is 217 g/mol. The molecule has 16 heavy (non-hydrogen) atoms. The predicted molar refractivity (Wildman–Crippen MR) is 61.1 cm³/mol. The Morgan fingerprint density at radius 2 is 2.06 bits per heavy atom. The maximum atomic E-state index is 11.1. The zero-order valence-electron chi connectivity index (χ0n) is 9.31. The molecule has 3 nitrogen and oxygen atoms in total. The molecule has 1 atom stereocenters. The van der Waals surface area contributed by atoms with Gasteiger partial charge in [0.1, 0.15) is 0 Å². The minimum absolute atomic E-state index is 0.451. The summed E-state index contributed by atoms with van der Waals surface area (Å²) in [4.78, 5) is 11.1. The summed E-state index contributed by atoms with van der Waals surface area (Å²) < 4.78 is 0. The van der Waals surface area contributed by atoms with Crippen LogP contribution in [0.2, 0.25) is 0 Å². The van der Waals surface area contributed by atoms with Crippen LogP contribution in [0.4, 0.5) is 0 Å². The number of nitrogens with zero attached hydrogens (tertiary/aromatic N) is 1. The largest absolute Gasteiger partial charge is 0.481 e. The summed E-state index contributed by atoms with van der Waals surface area (Å²) in [5.74, 6) is -1.24. The van der Waals surface area contributed by atoms with Gasteiger partial charge in [-0.15, -0.1) is 0 Å². The van der Waals surface area contributed by atoms with Crippen molar-refractivity contribution in [3.05, 3.63) is 35.4 Å². The molecule has 1 unspecified atom stereocenters. The highest BCUT2D eigenvalue weighted by molar-refractivity contribution is 5.76. The Labute approximate surface area is 95.3 Å². The van der Waals surface area contributed by atoms with E-state index in [1.54, 1.807) is 24.3 Å². The molecule has 0 aliphatic carbocycles. The van der Waals surface area contributed by atoms with Crippen molar-refractivity contribution in [3.63, 3.8) is 0 Å². The minimum atomic E-state index is -0.793. The van der Waals surface area contributed by atoms with Gasteiger partial charge in [0, 0.05) is 0 Å². The second-order valence-corrected chi connectivity index (χ2v) is 3.77. The maximum Gasteiger partial charge on any atom is 0.310 e. The Balaban J connectivity index is 2.85. The highest BCUT2D eigenvalue weighted by atomic mass is 16.4. The summed E-state index contributed by atoms with van der Waals surface area (Å²) in [5, 5.41) is 17.8. The third-order valence-electron chi connectivity index (χ3n) is 2.59. The highest BCUT2D eigenvalue weighted by Crippen LogP contribution is 2.22. The van der Waals surface area contributed by atoms with E-state index in [0.717, 1.165) is 18.4 Å². The monoisotopic (exact) mass is 217 g/mol. The van der Waals surface area contributed by atoms with Gasteiger partial charge in [0.15, 0.2) is 0 Å². The predicted octanol–water partition coefficient (Wildman–Crippen LogP) is 2.92. The van der Waals surface area contributed by atoms with E-state index < -0.39 is 11.9 Å². The molecule has 0 aliphatic rings. The van der Waals surface area contributed by atoms with Gasteiger partial charge in [-0.3, -0.25) is 4.79 Å². The first-order chi connectivity index (χ1) is 7.69. The van der Waals surface area contributed by atoms with Gasteiger partial charge in [0.05, 0.1) is 17.6 Å². The molecule has 0 radical (unpaired) electrons. The molecule has 0 aliphatic heterocycles. The van der Waals surface area contributed by atoms with E-state index in [2.05, 4.69) is 0 Å². The zero-order valence-corrected chi connectivity index (χ0v) is 9.31. The molecule has 3 heteroatoms. The molecule has 1 rings (SSSR count). The van der Waals surface area contributed by atoms with Gasteiger partial charge in [-0.05, 0) is 24.1 Å². The molecule has 1 aromatic carbocycles. The smallest absolute Gasteiger partial charge is 0.310 e. The lowest BCUT2D eigenvalue weighted by Gasteiger charge is -2.11. The van der Waals surface area contributed by atoms with Gasteiger partial charge < -0.3 is 5.11 Å². The van der Waals surface area contributed by atoms with E-state index in [4.69, 9.17) is 10.4 Å². The quantitative estimate of drug-likeness (QED) is 0.824. The third-order valence-corrected chi connectivity index (χ3v) is 2.59. The van der Waals surface area contributed by atoms with Crippen LogP contribution >= 0.6 is 0 Å². The third kappa shape index (κ3) is 3.09. The molecule has 0 saturated heterocycles. The Hall–Kier alpha value is -1.82. The standard InChI is InChI=1S/C13H15NO2/c1-2-3-4-12(13(15)16)11-7-5-10(9-14)6-8-11/h5-8,12H,2-4H2,1H3,(H,15,16). The molecular weight excluding hydrogens is 202 g/mol. The summed E-state index contributed by atoms with van der Waals surface area (Å²) in [7, 11) is 0. The Bertz CT molecular complexity index is 389. The first-order valence-electron chi connectivity index (χ1n) is 5.42. The zero-order chi connectivity index (χ0) is 12.0. The van der Waals surface area contributed by atoms with Crippen LogP contribution < -0.4 is 0 Å². The Morgan fingerprint density at radius 3 is 2.50 bits per heavy atom. The normalized spacial score (nSPS) is 11.8. The van der Waals surface area contributed by atoms with E-state index in [0.29, 0.717) is 12.0 Å². The fourth-order valence-electron chi connectivity index (χ4n) is 1.63. The van der Waals surface area contributed by atoms with Crippen LogP contribution in [0.5, 0.6) is 0 Å². The summed E-state index contributed by atoms with van der Waals surface area (Å²) in [6.07, 6.45) is 2.54. The Kier molecular flexibility index (Phi) is 4.53. The molecule has 0 amide bonds. The topological polar surface area (TPSA) is 61.1 Å². The Morgan fingerprint density at radius 1 is 1.44 bits per heavy atom. The van der Waals surface area contributed by atoms with E-state index in [9.17, 15) is 4.79 Å². The molecule has 0 saturated carbocycles. The fraction of sp³-hybridized carbons (Fsp3) is 0.385. The number of unbranched alkanes of at least 4 members (excludes halogenated alkanes) is 1. The number of carboxylic acid groups (broad SMARTS) is 1. The summed E-state index contributed by atoms with van der Waals surface area (Å²) >= 11 is 0. The SMILES string of the molecule is CCCCC(C(=O)O)c1ccc(C#N)cc1. The van der Waals surface area contributed by atoms with Crippen LogP contribution in [0.25, 0.3) is 0 Å². The van der Waals surface area contributed by atoms with E-state index in [1.165, 1.54) is 0 Å². The molecule has 0 bridgehead atoms. The number of benzene rings is 1. The molecule has 1 N–H and O–H groups in total. The molecule has 1 aromatic rings. The van der Waals surface area contributed by atoms with E-state index in [1.807, 2.05) is 13.0 Å². The number of aliphatic carboxylic acids is 1. The first kappa shape index (κ1) is 12.3. The van der Waals surface area contributed by atoms with Crippen molar-refractivity contribution in [2.45, 2.75) is 32.1 Å². The van der Waals surface area contributed by atoms with Crippen molar-refractivity contribution in [1.82, 2.24) is 0 Å². The van der Waals surface area contributed by atoms with E-state index in [-0.39, 0.29) is 0 Å². The van der Waals surface area contributed by atoms with Gasteiger partial charge in [0.25, 0.3) is 0 Å². The maximum absolute atomic E-state index is 11.1. The lowest BCUT2D eigenvalue weighted by atomic mass is 9.93. The number of hydrogen-bond donors (Lipinski definition) is 1. The number of nitriles is 1. The molecule has 0 fully saturated rings. The number of rotatable bonds is 5. The van der Waals surface area contributed by atoms with Crippen molar-refractivity contribution < 1.29 is 9.90 Å². The lowest BCUT2D eigenvalue weighted by Crippen LogP contribution is -2.11. The van der Waals surface area contributed by atoms with Crippen molar-refractivity contribution in [2.75, 3.05) is 0 Å². The van der Waals surface area contributed by atoms with Gasteiger partial charge >= 0.3 is 5.97 Å². The average Bonchev–Trinajstić information content (AvgIpc) is 2.30. The van der Waals surface area contributed by atoms with Crippen LogP contribution in [0.1, 0.15) is 43.2 Å². The first-order valence-corrected chi connectivity index (χ1v) is 5.42. The van der Waals surface area contributed by atoms with Crippen molar-refractivity contribution in [2.24, 2.45) is 0 Å². The van der Waals surface area contributed by atoms with Gasteiger partial charge in [0.2, 0.25) is 0 Å².